The summed E-state index contributed by atoms with van der Waals surface area (Å²) in [4.78, 5) is 10.4. The van der Waals surface area contributed by atoms with Crippen molar-refractivity contribution in [3.05, 3.63) is 52.7 Å². The molecule has 0 saturated carbocycles. The minimum absolute atomic E-state index is 0.00489. The molecule has 1 heterocycles. The molecular formula is C11H10N6O2S. The molecule has 0 atom stereocenters. The fraction of sp³-hybridized carbons (Fsp3) is 0.0909. The van der Waals surface area contributed by atoms with Gasteiger partial charge in [-0.25, -0.2) is 23.1 Å². The van der Waals surface area contributed by atoms with Crippen LogP contribution in [0.15, 0.2) is 46.7 Å². The molecule has 9 heteroatoms. The van der Waals surface area contributed by atoms with Gasteiger partial charge in [-0.2, -0.15) is 0 Å². The predicted molar refractivity (Wildman–Crippen MR) is 72.8 cm³/mol. The number of aromatic nitrogens is 2. The molecule has 0 aliphatic heterocycles. The van der Waals surface area contributed by atoms with Crippen molar-refractivity contribution in [2.45, 2.75) is 11.8 Å². The lowest BCUT2D eigenvalue weighted by atomic mass is 10.3. The molecule has 0 radical (unpaired) electrons. The lowest BCUT2D eigenvalue weighted by Crippen LogP contribution is -2.14. The number of rotatable bonds is 4. The minimum Gasteiger partial charge on any atom is -0.247 e. The van der Waals surface area contributed by atoms with Crippen molar-refractivity contribution in [1.29, 1.82) is 0 Å². The number of sulfonamides is 1. The number of anilines is 1. The number of nitrogens with zero attached hydrogens (tertiary/aromatic N) is 5. The number of nitrogens with one attached hydrogen (secondary N) is 1. The van der Waals surface area contributed by atoms with E-state index >= 15 is 0 Å². The molecule has 0 aliphatic carbocycles. The van der Waals surface area contributed by atoms with Crippen molar-refractivity contribution in [2.24, 2.45) is 5.11 Å². The third-order valence-corrected chi connectivity index (χ3v) is 3.66. The fourth-order valence-electron chi connectivity index (χ4n) is 1.37. The first-order chi connectivity index (χ1) is 9.51. The first-order valence-corrected chi connectivity index (χ1v) is 6.96. The van der Waals surface area contributed by atoms with Gasteiger partial charge < -0.3 is 0 Å². The minimum atomic E-state index is -3.77. The highest BCUT2D eigenvalue weighted by Gasteiger charge is 2.15. The van der Waals surface area contributed by atoms with Gasteiger partial charge in [0.2, 0.25) is 5.95 Å². The Morgan fingerprint density at radius 3 is 2.35 bits per heavy atom. The van der Waals surface area contributed by atoms with Gasteiger partial charge in [-0.1, -0.05) is 17.2 Å². The molecule has 0 unspecified atom stereocenters. The van der Waals surface area contributed by atoms with E-state index in [-0.39, 0.29) is 10.8 Å². The van der Waals surface area contributed by atoms with Gasteiger partial charge in [-0.05, 0) is 30.2 Å². The van der Waals surface area contributed by atoms with Crippen molar-refractivity contribution in [2.75, 3.05) is 4.72 Å². The van der Waals surface area contributed by atoms with E-state index in [4.69, 9.17) is 5.53 Å². The van der Waals surface area contributed by atoms with E-state index in [1.165, 1.54) is 36.7 Å². The normalized spacial score (nSPS) is 10.7. The van der Waals surface area contributed by atoms with Crippen LogP contribution in [-0.2, 0) is 10.0 Å². The van der Waals surface area contributed by atoms with E-state index in [0.717, 1.165) is 5.56 Å². The Morgan fingerprint density at radius 1 is 1.20 bits per heavy atom. The average Bonchev–Trinajstić information content (AvgIpc) is 2.42. The van der Waals surface area contributed by atoms with Gasteiger partial charge in [-0.15, -0.1) is 0 Å². The number of benzene rings is 1. The zero-order valence-electron chi connectivity index (χ0n) is 10.4. The Labute approximate surface area is 115 Å². The molecule has 2 aromatic rings. The van der Waals surface area contributed by atoms with Crippen LogP contribution in [0, 0.1) is 6.92 Å². The summed E-state index contributed by atoms with van der Waals surface area (Å²) in [5, 5.41) is 3.36. The average molecular weight is 290 g/mol. The smallest absolute Gasteiger partial charge is 0.247 e. The molecule has 0 saturated heterocycles. The van der Waals surface area contributed by atoms with Crippen LogP contribution in [0.3, 0.4) is 0 Å². The molecule has 102 valence electrons. The number of aryl methyl sites for hydroxylation is 1. The van der Waals surface area contributed by atoms with E-state index in [9.17, 15) is 8.42 Å². The van der Waals surface area contributed by atoms with Crippen LogP contribution in [0.1, 0.15) is 5.56 Å². The Bertz CT molecular complexity index is 749. The molecule has 1 aromatic heterocycles. The van der Waals surface area contributed by atoms with Crippen LogP contribution >= 0.6 is 0 Å². The summed E-state index contributed by atoms with van der Waals surface area (Å²) in [6.07, 6.45) is 3.02. The summed E-state index contributed by atoms with van der Waals surface area (Å²) in [5.41, 5.74) is 9.43. The van der Waals surface area contributed by atoms with Gasteiger partial charge in [0.25, 0.3) is 10.0 Å². The molecule has 8 nitrogen and oxygen atoms in total. The van der Waals surface area contributed by atoms with Crippen molar-refractivity contribution in [3.63, 3.8) is 0 Å². The van der Waals surface area contributed by atoms with Crippen molar-refractivity contribution < 1.29 is 8.42 Å². The largest absolute Gasteiger partial charge is 0.264 e. The molecular weight excluding hydrogens is 280 g/mol. The molecule has 0 spiro atoms. The SMILES string of the molecule is Cc1cnc(NS(=O)(=O)c2ccc(N=[N+]=[N-])cc2)nc1. The third kappa shape index (κ3) is 3.22. The van der Waals surface area contributed by atoms with Gasteiger partial charge in [0.05, 0.1) is 4.90 Å². The molecule has 0 aliphatic rings. The first kappa shape index (κ1) is 13.8. The summed E-state index contributed by atoms with van der Waals surface area (Å²) in [5.74, 6) is -0.00489. The Morgan fingerprint density at radius 2 is 1.80 bits per heavy atom. The third-order valence-electron chi connectivity index (χ3n) is 2.31. The van der Waals surface area contributed by atoms with Gasteiger partial charge in [0.1, 0.15) is 0 Å². The summed E-state index contributed by atoms with van der Waals surface area (Å²) in [6, 6.07) is 5.48. The molecule has 1 N–H and O–H groups in total. The maximum Gasteiger partial charge on any atom is 0.264 e. The second kappa shape index (κ2) is 5.55. The molecule has 0 bridgehead atoms. The first-order valence-electron chi connectivity index (χ1n) is 5.48. The molecule has 2 rings (SSSR count). The van der Waals surface area contributed by atoms with E-state index in [1.807, 2.05) is 0 Å². The maximum atomic E-state index is 12.1. The highest BCUT2D eigenvalue weighted by molar-refractivity contribution is 7.92. The summed E-state index contributed by atoms with van der Waals surface area (Å²) in [7, 11) is -3.77. The van der Waals surface area contributed by atoms with Gasteiger partial charge in [-0.3, -0.25) is 0 Å². The second-order valence-electron chi connectivity index (χ2n) is 3.87. The molecule has 20 heavy (non-hydrogen) atoms. The second-order valence-corrected chi connectivity index (χ2v) is 5.56. The van der Waals surface area contributed by atoms with Crippen molar-refractivity contribution in [1.82, 2.24) is 9.97 Å². The van der Waals surface area contributed by atoms with Crippen molar-refractivity contribution in [3.8, 4) is 0 Å². The number of hydrogen-bond donors (Lipinski definition) is 1. The topological polar surface area (TPSA) is 121 Å². The summed E-state index contributed by atoms with van der Waals surface area (Å²) >= 11 is 0. The zero-order chi connectivity index (χ0) is 14.6. The standard InChI is InChI=1S/C11H10N6O2S/c1-8-6-13-11(14-7-8)16-20(18,19)10-4-2-9(3-5-10)15-17-12/h2-7H,1H3,(H,13,14,16). The van der Waals surface area contributed by atoms with Gasteiger partial charge >= 0.3 is 0 Å². The summed E-state index contributed by atoms with van der Waals surface area (Å²) < 4.78 is 26.4. The van der Waals surface area contributed by atoms with Crippen LogP contribution in [0.5, 0.6) is 0 Å². The van der Waals surface area contributed by atoms with Crippen LogP contribution in [0.4, 0.5) is 11.6 Å². The van der Waals surface area contributed by atoms with E-state index in [1.54, 1.807) is 6.92 Å². The Balaban J connectivity index is 2.25. The quantitative estimate of drug-likeness (QED) is 0.528. The van der Waals surface area contributed by atoms with E-state index < -0.39 is 10.0 Å². The number of azide groups is 1. The lowest BCUT2D eigenvalue weighted by molar-refractivity contribution is 0.601. The van der Waals surface area contributed by atoms with Gasteiger partial charge in [0.15, 0.2) is 0 Å². The monoisotopic (exact) mass is 290 g/mol. The van der Waals surface area contributed by atoms with Crippen LogP contribution in [-0.4, -0.2) is 18.4 Å². The van der Waals surface area contributed by atoms with Crippen LogP contribution in [0.25, 0.3) is 10.4 Å². The highest BCUT2D eigenvalue weighted by atomic mass is 32.2. The highest BCUT2D eigenvalue weighted by Crippen LogP contribution is 2.18. The van der Waals surface area contributed by atoms with E-state index in [0.29, 0.717) is 5.69 Å². The van der Waals surface area contributed by atoms with Crippen LogP contribution < -0.4 is 4.72 Å². The maximum absolute atomic E-state index is 12.1. The lowest BCUT2D eigenvalue weighted by Gasteiger charge is -2.06. The molecule has 0 fully saturated rings. The fourth-order valence-corrected chi connectivity index (χ4v) is 2.33. The predicted octanol–water partition coefficient (Wildman–Crippen LogP) is 2.53. The summed E-state index contributed by atoms with van der Waals surface area (Å²) in [6.45, 7) is 1.80. The van der Waals surface area contributed by atoms with E-state index in [2.05, 4.69) is 24.7 Å². The Kier molecular flexibility index (Phi) is 3.83. The molecule has 1 aromatic carbocycles. The molecule has 0 amide bonds. The van der Waals surface area contributed by atoms with Gasteiger partial charge in [0, 0.05) is 23.0 Å². The van der Waals surface area contributed by atoms with Crippen LogP contribution in [0.2, 0.25) is 0 Å². The zero-order valence-corrected chi connectivity index (χ0v) is 11.2. The number of hydrogen-bond acceptors (Lipinski definition) is 5. The van der Waals surface area contributed by atoms with Crippen molar-refractivity contribution >= 4 is 21.7 Å². The Hall–Kier alpha value is -2.64.